The number of methoxy groups -OCH3 is 3. The zero-order valence-corrected chi connectivity index (χ0v) is 30.8. The van der Waals surface area contributed by atoms with Gasteiger partial charge >= 0.3 is 0 Å². The molecule has 1 aliphatic heterocycles. The molecule has 0 bridgehead atoms. The zero-order chi connectivity index (χ0) is 36.4. The van der Waals surface area contributed by atoms with Crippen LogP contribution >= 0.6 is 15.9 Å². The highest BCUT2D eigenvalue weighted by atomic mass is 79.9. The van der Waals surface area contributed by atoms with Gasteiger partial charge in [-0.2, -0.15) is 0 Å². The number of aliphatic hydroxyl groups is 1. The number of carbonyl (C=O) groups excluding carboxylic acids is 1. The lowest BCUT2D eigenvalue weighted by atomic mass is 9.85. The number of nitrogens with zero attached hydrogens (tertiary/aromatic N) is 1. The first-order valence-electron chi connectivity index (χ1n) is 16.1. The van der Waals surface area contributed by atoms with Crippen LogP contribution in [0.15, 0.2) is 105 Å². The highest BCUT2D eigenvalue weighted by Gasteiger charge is 2.53. The minimum atomic E-state index is -3.83. The molecule has 0 saturated heterocycles. The number of hydrogen-bond acceptors (Lipinski definition) is 11. The fourth-order valence-corrected chi connectivity index (χ4v) is 7.27. The zero-order valence-electron chi connectivity index (χ0n) is 28.4. The topological polar surface area (TPSA) is 154 Å². The number of carbonyl (C=O) groups is 1. The molecular formula is C37H40BrN3O9S. The van der Waals surface area contributed by atoms with Gasteiger partial charge in [-0.1, -0.05) is 46.3 Å². The van der Waals surface area contributed by atoms with Gasteiger partial charge in [-0.3, -0.25) is 10.2 Å². The molecule has 51 heavy (non-hydrogen) atoms. The van der Waals surface area contributed by atoms with Crippen molar-refractivity contribution in [3.05, 3.63) is 112 Å². The predicted octanol–water partition coefficient (Wildman–Crippen LogP) is 5.18. The van der Waals surface area contributed by atoms with Crippen molar-refractivity contribution in [3.63, 3.8) is 0 Å². The molecule has 0 spiro atoms. The second-order valence-electron chi connectivity index (χ2n) is 11.5. The molecule has 5 rings (SSSR count). The fourth-order valence-electron chi connectivity index (χ4n) is 5.62. The predicted molar refractivity (Wildman–Crippen MR) is 195 cm³/mol. The first-order chi connectivity index (χ1) is 24.6. The molecule has 4 aromatic rings. The van der Waals surface area contributed by atoms with E-state index in [1.807, 2.05) is 12.1 Å². The number of aliphatic hydroxyl groups excluding tert-OH is 1. The van der Waals surface area contributed by atoms with E-state index in [1.165, 1.54) is 33.5 Å². The van der Waals surface area contributed by atoms with Gasteiger partial charge in [0.2, 0.25) is 5.90 Å². The van der Waals surface area contributed by atoms with E-state index in [4.69, 9.17) is 33.8 Å². The van der Waals surface area contributed by atoms with Crippen LogP contribution in [0, 0.1) is 0 Å². The average molecular weight is 783 g/mol. The van der Waals surface area contributed by atoms with Gasteiger partial charge in [0, 0.05) is 48.2 Å². The first kappa shape index (κ1) is 37.6. The molecule has 1 aliphatic rings. The number of rotatable bonds is 17. The lowest BCUT2D eigenvalue weighted by Crippen LogP contribution is -2.53. The number of benzene rings is 4. The average Bonchev–Trinajstić information content (AvgIpc) is 3.56. The molecule has 0 saturated carbocycles. The number of sulfone groups is 1. The molecule has 12 nitrogen and oxygen atoms in total. The quantitative estimate of drug-likeness (QED) is 0.0966. The summed E-state index contributed by atoms with van der Waals surface area (Å²) in [5, 5.41) is 9.09. The van der Waals surface area contributed by atoms with Crippen LogP contribution in [0.5, 0.6) is 23.0 Å². The summed E-state index contributed by atoms with van der Waals surface area (Å²) < 4.78 is 56.7. The summed E-state index contributed by atoms with van der Waals surface area (Å²) in [5.74, 6) is 1.22. The van der Waals surface area contributed by atoms with Gasteiger partial charge in [-0.25, -0.2) is 18.8 Å². The van der Waals surface area contributed by atoms with Gasteiger partial charge in [0.05, 0.1) is 44.1 Å². The van der Waals surface area contributed by atoms with Crippen LogP contribution in [0.1, 0.15) is 35.6 Å². The van der Waals surface area contributed by atoms with Gasteiger partial charge in [0.25, 0.3) is 5.91 Å². The largest absolute Gasteiger partial charge is 0.496 e. The van der Waals surface area contributed by atoms with Crippen molar-refractivity contribution < 1.29 is 42.0 Å². The number of halogens is 1. The molecule has 0 fully saturated rings. The van der Waals surface area contributed by atoms with Gasteiger partial charge in [-0.15, -0.1) is 0 Å². The Morgan fingerprint density at radius 1 is 0.922 bits per heavy atom. The highest BCUT2D eigenvalue weighted by Crippen LogP contribution is 2.43. The van der Waals surface area contributed by atoms with Crippen LogP contribution in [-0.2, 0) is 25.9 Å². The third kappa shape index (κ3) is 8.82. The monoisotopic (exact) mass is 781 g/mol. The molecular weight excluding hydrogens is 742 g/mol. The molecule has 0 unspecified atom stereocenters. The van der Waals surface area contributed by atoms with Gasteiger partial charge < -0.3 is 28.8 Å². The Bertz CT molecular complexity index is 1900. The molecule has 14 heteroatoms. The van der Waals surface area contributed by atoms with Crippen LogP contribution < -0.4 is 29.8 Å². The third-order valence-corrected chi connectivity index (χ3v) is 10.6. The Morgan fingerprint density at radius 2 is 1.59 bits per heavy atom. The molecule has 0 radical (unpaired) electrons. The van der Waals surface area contributed by atoms with Crippen molar-refractivity contribution in [2.24, 2.45) is 4.99 Å². The lowest BCUT2D eigenvalue weighted by Gasteiger charge is -2.30. The van der Waals surface area contributed by atoms with Crippen LogP contribution in [0.4, 0.5) is 0 Å². The van der Waals surface area contributed by atoms with E-state index in [1.54, 1.807) is 66.7 Å². The minimum absolute atomic E-state index is 0.0142. The van der Waals surface area contributed by atoms with E-state index in [9.17, 15) is 13.2 Å². The maximum absolute atomic E-state index is 14.6. The van der Waals surface area contributed by atoms with Crippen LogP contribution in [-0.4, -0.2) is 71.2 Å². The van der Waals surface area contributed by atoms with E-state index in [-0.39, 0.29) is 30.4 Å². The molecule has 4 aromatic carbocycles. The summed E-state index contributed by atoms with van der Waals surface area (Å²) >= 11 is 3.47. The first-order valence-corrected chi connectivity index (χ1v) is 18.5. The highest BCUT2D eigenvalue weighted by molar-refractivity contribution is 9.10. The molecule has 1 heterocycles. The second-order valence-corrected chi connectivity index (χ2v) is 14.6. The third-order valence-electron chi connectivity index (χ3n) is 8.34. The lowest BCUT2D eigenvalue weighted by molar-refractivity contribution is -0.130. The molecule has 0 aromatic heterocycles. The van der Waals surface area contributed by atoms with Crippen molar-refractivity contribution in [1.29, 1.82) is 0 Å². The maximum Gasteiger partial charge on any atom is 0.266 e. The Balaban J connectivity index is 1.53. The molecule has 1 amide bonds. The van der Waals surface area contributed by atoms with E-state index in [0.29, 0.717) is 52.7 Å². The van der Waals surface area contributed by atoms with Crippen LogP contribution in [0.2, 0.25) is 0 Å². The van der Waals surface area contributed by atoms with Crippen LogP contribution in [0.3, 0.4) is 0 Å². The Kier molecular flexibility index (Phi) is 12.6. The summed E-state index contributed by atoms with van der Waals surface area (Å²) in [5.41, 5.74) is 5.81. The van der Waals surface area contributed by atoms with E-state index in [0.717, 1.165) is 4.47 Å². The number of ether oxygens (including phenoxy) is 5. The molecule has 270 valence electrons. The SMILES string of the molecule is COc1cc(OC)c(CNNC(=O)[C@@]2(CCS(=O)(=O)c3ccccc3)N=C(c3ccc(OCCCO)cc3)O[C@H]2c2ccc(Br)cc2)c(OC)c1. The number of hydrogen-bond donors (Lipinski definition) is 3. The van der Waals surface area contributed by atoms with Gasteiger partial charge in [-0.05, 0) is 54.1 Å². The number of nitrogens with one attached hydrogen (secondary N) is 2. The normalized spacial score (nSPS) is 16.9. The fraction of sp³-hybridized carbons (Fsp3) is 0.297. The van der Waals surface area contributed by atoms with E-state index >= 15 is 0 Å². The number of amides is 1. The smallest absolute Gasteiger partial charge is 0.266 e. The molecule has 2 atom stereocenters. The molecule has 3 N–H and O–H groups in total. The van der Waals surface area contributed by atoms with Crippen LogP contribution in [0.25, 0.3) is 0 Å². The van der Waals surface area contributed by atoms with Crippen molar-refractivity contribution in [1.82, 2.24) is 10.9 Å². The Hall–Kier alpha value is -4.63. The number of hydrazine groups is 1. The number of aliphatic imine (C=N–C) groups is 1. The standard InChI is InChI=1S/C37H40BrN3O9S/c1-46-29-22-32(47-2)31(33(23-29)48-3)24-39-41-36(43)37(18-21-51(44,45)30-8-5-4-6-9-30)34(25-10-14-27(38)15-11-25)50-35(40-37)26-12-16-28(17-13-26)49-20-7-19-42/h4-6,8-17,22-23,34,39,42H,7,18-21,24H2,1-3H3,(H,41,43)/t34-,37-/m0/s1. The van der Waals surface area contributed by atoms with E-state index in [2.05, 4.69) is 26.8 Å². The summed E-state index contributed by atoms with van der Waals surface area (Å²) in [6.45, 7) is 0.443. The van der Waals surface area contributed by atoms with Crippen molar-refractivity contribution in [2.75, 3.05) is 40.3 Å². The Morgan fingerprint density at radius 3 is 2.20 bits per heavy atom. The van der Waals surface area contributed by atoms with Crippen molar-refractivity contribution in [2.45, 2.75) is 35.9 Å². The molecule has 0 aliphatic carbocycles. The summed E-state index contributed by atoms with van der Waals surface area (Å²) in [6, 6.07) is 25.7. The summed E-state index contributed by atoms with van der Waals surface area (Å²) in [6.07, 6.45) is -0.722. The van der Waals surface area contributed by atoms with Gasteiger partial charge in [0.15, 0.2) is 21.5 Å². The van der Waals surface area contributed by atoms with Gasteiger partial charge in [0.1, 0.15) is 23.0 Å². The summed E-state index contributed by atoms with van der Waals surface area (Å²) in [7, 11) is 0.733. The minimum Gasteiger partial charge on any atom is -0.496 e. The van der Waals surface area contributed by atoms with E-state index < -0.39 is 33.1 Å². The maximum atomic E-state index is 14.6. The van der Waals surface area contributed by atoms with Crippen molar-refractivity contribution >= 4 is 37.6 Å². The van der Waals surface area contributed by atoms with Crippen molar-refractivity contribution in [3.8, 4) is 23.0 Å². The Labute approximate surface area is 305 Å². The second kappa shape index (κ2) is 17.1. The summed E-state index contributed by atoms with van der Waals surface area (Å²) in [4.78, 5) is 19.6.